The van der Waals surface area contributed by atoms with Crippen molar-refractivity contribution in [2.24, 2.45) is 0 Å². The zero-order valence-corrected chi connectivity index (χ0v) is 19.2. The van der Waals surface area contributed by atoms with Gasteiger partial charge in [0.25, 0.3) is 0 Å². The van der Waals surface area contributed by atoms with Crippen molar-refractivity contribution < 1.29 is 9.53 Å². The fourth-order valence-corrected chi connectivity index (χ4v) is 5.24. The number of piperidine rings is 1. The predicted molar refractivity (Wildman–Crippen MR) is 134 cm³/mol. The standard InChI is InChI=1S/C28H26N2O2S/c31-27(15-12-21-10-13-24(14-11-21)32-20-22-6-2-1-3-7-22)30-18-16-23(17-19-30)28-29-25-8-4-5-9-26(25)33-28/h1-15,23H,16-20H2/b15-12+. The van der Waals surface area contributed by atoms with Gasteiger partial charge in [-0.05, 0) is 54.3 Å². The number of hydrogen-bond acceptors (Lipinski definition) is 4. The Bertz CT molecular complexity index is 1210. The Morgan fingerprint density at radius 2 is 1.70 bits per heavy atom. The molecule has 1 aliphatic rings. The maximum absolute atomic E-state index is 12.7. The van der Waals surface area contributed by atoms with Gasteiger partial charge in [-0.15, -0.1) is 11.3 Å². The molecular weight excluding hydrogens is 428 g/mol. The Morgan fingerprint density at radius 1 is 0.970 bits per heavy atom. The third-order valence-electron chi connectivity index (χ3n) is 6.01. The first-order valence-electron chi connectivity index (χ1n) is 11.3. The summed E-state index contributed by atoms with van der Waals surface area (Å²) in [5.74, 6) is 1.33. The SMILES string of the molecule is O=C(/C=C/c1ccc(OCc2ccccc2)cc1)N1CCC(c2nc3ccccc3s2)CC1. The number of hydrogen-bond donors (Lipinski definition) is 0. The number of carbonyl (C=O) groups is 1. The Morgan fingerprint density at radius 3 is 2.45 bits per heavy atom. The van der Waals surface area contributed by atoms with Crippen molar-refractivity contribution in [1.29, 1.82) is 0 Å². The number of rotatable bonds is 6. The van der Waals surface area contributed by atoms with E-state index in [1.54, 1.807) is 17.4 Å². The van der Waals surface area contributed by atoms with E-state index in [4.69, 9.17) is 9.72 Å². The number of nitrogens with zero attached hydrogens (tertiary/aromatic N) is 2. The molecule has 1 fully saturated rings. The molecule has 1 saturated heterocycles. The maximum atomic E-state index is 12.7. The highest BCUT2D eigenvalue weighted by atomic mass is 32.1. The highest BCUT2D eigenvalue weighted by molar-refractivity contribution is 7.18. The minimum absolute atomic E-state index is 0.0714. The number of benzene rings is 3. The van der Waals surface area contributed by atoms with Gasteiger partial charge in [0.2, 0.25) is 5.91 Å². The van der Waals surface area contributed by atoms with Gasteiger partial charge in [-0.3, -0.25) is 4.79 Å². The molecule has 0 atom stereocenters. The van der Waals surface area contributed by atoms with Crippen LogP contribution in [0.4, 0.5) is 0 Å². The summed E-state index contributed by atoms with van der Waals surface area (Å²) in [6.07, 6.45) is 5.49. The minimum atomic E-state index is 0.0714. The van der Waals surface area contributed by atoms with E-state index in [1.807, 2.05) is 71.6 Å². The van der Waals surface area contributed by atoms with Crippen molar-refractivity contribution in [3.05, 3.63) is 101 Å². The van der Waals surface area contributed by atoms with Crippen LogP contribution in [-0.4, -0.2) is 28.9 Å². The van der Waals surface area contributed by atoms with E-state index in [9.17, 15) is 4.79 Å². The zero-order valence-electron chi connectivity index (χ0n) is 18.4. The zero-order chi connectivity index (χ0) is 22.5. The molecule has 1 amide bonds. The number of ether oxygens (including phenoxy) is 1. The Balaban J connectivity index is 1.12. The maximum Gasteiger partial charge on any atom is 0.246 e. The molecule has 0 bridgehead atoms. The lowest BCUT2D eigenvalue weighted by Gasteiger charge is -2.30. The Hall–Kier alpha value is -3.44. The molecule has 0 aliphatic carbocycles. The number of likely N-dealkylation sites (tertiary alicyclic amines) is 1. The van der Waals surface area contributed by atoms with E-state index < -0.39 is 0 Å². The lowest BCUT2D eigenvalue weighted by Crippen LogP contribution is -2.36. The van der Waals surface area contributed by atoms with Gasteiger partial charge in [0, 0.05) is 25.1 Å². The van der Waals surface area contributed by atoms with Gasteiger partial charge in [0.1, 0.15) is 12.4 Å². The van der Waals surface area contributed by atoms with Crippen molar-refractivity contribution >= 4 is 33.5 Å². The molecular formula is C28H26N2O2S. The number of aromatic nitrogens is 1. The predicted octanol–water partition coefficient (Wildman–Crippen LogP) is 6.29. The van der Waals surface area contributed by atoms with Crippen molar-refractivity contribution in [3.63, 3.8) is 0 Å². The number of fused-ring (bicyclic) bond motifs is 1. The quantitative estimate of drug-likeness (QED) is 0.321. The second-order valence-corrected chi connectivity index (χ2v) is 9.36. The van der Waals surface area contributed by atoms with Crippen LogP contribution in [0.2, 0.25) is 0 Å². The Labute approximate surface area is 198 Å². The highest BCUT2D eigenvalue weighted by Crippen LogP contribution is 2.33. The molecule has 0 radical (unpaired) electrons. The molecule has 5 rings (SSSR count). The average Bonchev–Trinajstić information content (AvgIpc) is 3.32. The first kappa shape index (κ1) is 21.4. The summed E-state index contributed by atoms with van der Waals surface area (Å²) in [5.41, 5.74) is 3.20. The molecule has 5 heteroatoms. The lowest BCUT2D eigenvalue weighted by atomic mass is 9.97. The van der Waals surface area contributed by atoms with Crippen LogP contribution in [0, 0.1) is 0 Å². The number of thiazole rings is 1. The molecule has 1 aromatic heterocycles. The second kappa shape index (κ2) is 10.0. The summed E-state index contributed by atoms with van der Waals surface area (Å²) in [5, 5.41) is 1.20. The monoisotopic (exact) mass is 454 g/mol. The normalized spacial score (nSPS) is 14.7. The van der Waals surface area contributed by atoms with Gasteiger partial charge in [-0.25, -0.2) is 4.98 Å². The number of para-hydroxylation sites is 1. The van der Waals surface area contributed by atoms with Gasteiger partial charge in [-0.1, -0.05) is 54.6 Å². The lowest BCUT2D eigenvalue weighted by molar-refractivity contribution is -0.126. The van der Waals surface area contributed by atoms with Gasteiger partial charge in [-0.2, -0.15) is 0 Å². The molecule has 166 valence electrons. The summed E-state index contributed by atoms with van der Waals surface area (Å²) in [6.45, 7) is 2.09. The molecule has 3 aromatic carbocycles. The van der Waals surface area contributed by atoms with E-state index in [2.05, 4.69) is 18.2 Å². The van der Waals surface area contributed by atoms with E-state index in [0.29, 0.717) is 12.5 Å². The topological polar surface area (TPSA) is 42.4 Å². The molecule has 0 spiro atoms. The Kier molecular flexibility index (Phi) is 6.49. The third-order valence-corrected chi connectivity index (χ3v) is 7.21. The van der Waals surface area contributed by atoms with Gasteiger partial charge < -0.3 is 9.64 Å². The highest BCUT2D eigenvalue weighted by Gasteiger charge is 2.25. The molecule has 2 heterocycles. The van der Waals surface area contributed by atoms with E-state index in [-0.39, 0.29) is 5.91 Å². The number of carbonyl (C=O) groups excluding carboxylic acids is 1. The fraction of sp³-hybridized carbons (Fsp3) is 0.214. The molecule has 4 aromatic rings. The van der Waals surface area contributed by atoms with Crippen molar-refractivity contribution in [2.45, 2.75) is 25.4 Å². The second-order valence-electron chi connectivity index (χ2n) is 8.30. The largest absolute Gasteiger partial charge is 0.489 e. The van der Waals surface area contributed by atoms with Crippen LogP contribution in [0.3, 0.4) is 0 Å². The van der Waals surface area contributed by atoms with E-state index in [1.165, 1.54) is 9.71 Å². The van der Waals surface area contributed by atoms with Crippen LogP contribution in [0.1, 0.15) is 34.9 Å². The van der Waals surface area contributed by atoms with Gasteiger partial charge >= 0.3 is 0 Å². The molecule has 33 heavy (non-hydrogen) atoms. The van der Waals surface area contributed by atoms with Crippen molar-refractivity contribution in [2.75, 3.05) is 13.1 Å². The summed E-state index contributed by atoms with van der Waals surface area (Å²) in [4.78, 5) is 19.4. The van der Waals surface area contributed by atoms with E-state index in [0.717, 1.165) is 48.3 Å². The van der Waals surface area contributed by atoms with Gasteiger partial charge in [0.15, 0.2) is 0 Å². The summed E-state index contributed by atoms with van der Waals surface area (Å²) >= 11 is 1.79. The first-order chi connectivity index (χ1) is 16.2. The first-order valence-corrected chi connectivity index (χ1v) is 12.2. The summed E-state index contributed by atoms with van der Waals surface area (Å²) in [7, 11) is 0. The third kappa shape index (κ3) is 5.32. The van der Waals surface area contributed by atoms with Gasteiger partial charge in [0.05, 0.1) is 15.2 Å². The van der Waals surface area contributed by atoms with Crippen molar-refractivity contribution in [3.8, 4) is 5.75 Å². The van der Waals surface area contributed by atoms with E-state index >= 15 is 0 Å². The van der Waals surface area contributed by atoms with Crippen LogP contribution in [0.5, 0.6) is 5.75 Å². The molecule has 0 N–H and O–H groups in total. The molecule has 0 unspecified atom stereocenters. The van der Waals surface area contributed by atoms with Crippen LogP contribution >= 0.6 is 11.3 Å². The van der Waals surface area contributed by atoms with Crippen LogP contribution in [-0.2, 0) is 11.4 Å². The summed E-state index contributed by atoms with van der Waals surface area (Å²) < 4.78 is 7.07. The summed E-state index contributed by atoms with van der Waals surface area (Å²) in [6, 6.07) is 26.2. The average molecular weight is 455 g/mol. The fourth-order valence-electron chi connectivity index (χ4n) is 4.10. The van der Waals surface area contributed by atoms with Crippen LogP contribution < -0.4 is 4.74 Å². The van der Waals surface area contributed by atoms with Crippen molar-refractivity contribution in [1.82, 2.24) is 9.88 Å². The van der Waals surface area contributed by atoms with Crippen LogP contribution in [0.15, 0.2) is 84.9 Å². The minimum Gasteiger partial charge on any atom is -0.489 e. The molecule has 4 nitrogen and oxygen atoms in total. The smallest absolute Gasteiger partial charge is 0.246 e. The molecule has 0 saturated carbocycles. The van der Waals surface area contributed by atoms with Crippen LogP contribution in [0.25, 0.3) is 16.3 Å². The number of amides is 1. The molecule has 1 aliphatic heterocycles.